The fourth-order valence-corrected chi connectivity index (χ4v) is 2.70. The van der Waals surface area contributed by atoms with Gasteiger partial charge in [0.05, 0.1) is 11.5 Å². The number of aldehydes is 1. The van der Waals surface area contributed by atoms with Crippen molar-refractivity contribution in [2.75, 3.05) is 26.2 Å². The summed E-state index contributed by atoms with van der Waals surface area (Å²) in [4.78, 5) is 14.0. The predicted molar refractivity (Wildman–Crippen MR) is 76.3 cm³/mol. The van der Waals surface area contributed by atoms with Crippen LogP contribution in [-0.4, -0.2) is 43.5 Å². The zero-order chi connectivity index (χ0) is 13.7. The van der Waals surface area contributed by atoms with Crippen molar-refractivity contribution in [2.45, 2.75) is 31.8 Å². The summed E-state index contributed by atoms with van der Waals surface area (Å²) in [5.41, 5.74) is 0.647. The first kappa shape index (κ1) is 14.2. The number of carbonyl (C=O) groups excluding carboxylic acids is 1. The van der Waals surface area contributed by atoms with Gasteiger partial charge in [-0.25, -0.2) is 0 Å². The van der Waals surface area contributed by atoms with Crippen molar-refractivity contribution in [3.05, 3.63) is 35.9 Å². The van der Waals surface area contributed by atoms with Crippen LogP contribution in [0, 0.1) is 0 Å². The van der Waals surface area contributed by atoms with Crippen LogP contribution in [0.3, 0.4) is 0 Å². The first-order valence-corrected chi connectivity index (χ1v) is 7.00. The molecular formula is C16H23NO2. The first-order chi connectivity index (χ1) is 9.14. The SMILES string of the molecule is CC1CN(CC(C)(C=O)c2ccccc2)CCCO1. The van der Waals surface area contributed by atoms with E-state index in [0.29, 0.717) is 0 Å². The molecule has 2 atom stereocenters. The highest BCUT2D eigenvalue weighted by Gasteiger charge is 2.30. The molecule has 1 aliphatic heterocycles. The van der Waals surface area contributed by atoms with Crippen molar-refractivity contribution in [3.8, 4) is 0 Å². The lowest BCUT2D eigenvalue weighted by Crippen LogP contribution is -2.42. The van der Waals surface area contributed by atoms with Gasteiger partial charge in [0.2, 0.25) is 0 Å². The smallest absolute Gasteiger partial charge is 0.131 e. The van der Waals surface area contributed by atoms with Crippen molar-refractivity contribution in [1.82, 2.24) is 4.90 Å². The molecule has 19 heavy (non-hydrogen) atoms. The van der Waals surface area contributed by atoms with Crippen LogP contribution in [0.5, 0.6) is 0 Å². The Kier molecular flexibility index (Phi) is 4.72. The van der Waals surface area contributed by atoms with E-state index in [1.54, 1.807) is 0 Å². The molecule has 3 nitrogen and oxygen atoms in total. The molecule has 0 radical (unpaired) electrons. The summed E-state index contributed by atoms with van der Waals surface area (Å²) in [7, 11) is 0. The number of rotatable bonds is 4. The van der Waals surface area contributed by atoms with Crippen molar-refractivity contribution >= 4 is 6.29 Å². The summed E-state index contributed by atoms with van der Waals surface area (Å²) in [5.74, 6) is 0. The van der Waals surface area contributed by atoms with E-state index in [9.17, 15) is 4.79 Å². The Morgan fingerprint density at radius 2 is 2.16 bits per heavy atom. The zero-order valence-corrected chi connectivity index (χ0v) is 11.8. The van der Waals surface area contributed by atoms with Crippen molar-refractivity contribution < 1.29 is 9.53 Å². The molecule has 0 spiro atoms. The third-order valence-electron chi connectivity index (χ3n) is 3.78. The maximum Gasteiger partial charge on any atom is 0.131 e. The van der Waals surface area contributed by atoms with Gasteiger partial charge < -0.3 is 9.53 Å². The number of benzene rings is 1. The van der Waals surface area contributed by atoms with Crippen LogP contribution in [0.2, 0.25) is 0 Å². The average molecular weight is 261 g/mol. The fourth-order valence-electron chi connectivity index (χ4n) is 2.70. The van der Waals surface area contributed by atoms with E-state index in [1.807, 2.05) is 37.3 Å². The number of hydrogen-bond acceptors (Lipinski definition) is 3. The van der Waals surface area contributed by atoms with Gasteiger partial charge in [0.15, 0.2) is 0 Å². The largest absolute Gasteiger partial charge is 0.377 e. The second kappa shape index (κ2) is 6.31. The topological polar surface area (TPSA) is 29.5 Å². The van der Waals surface area contributed by atoms with Gasteiger partial charge in [-0.1, -0.05) is 30.3 Å². The van der Waals surface area contributed by atoms with E-state index in [1.165, 1.54) is 0 Å². The molecule has 2 unspecified atom stereocenters. The first-order valence-electron chi connectivity index (χ1n) is 7.00. The summed E-state index contributed by atoms with van der Waals surface area (Å²) >= 11 is 0. The van der Waals surface area contributed by atoms with Crippen molar-refractivity contribution in [1.29, 1.82) is 0 Å². The van der Waals surface area contributed by atoms with Crippen molar-refractivity contribution in [2.24, 2.45) is 0 Å². The highest BCUT2D eigenvalue weighted by molar-refractivity contribution is 5.68. The molecule has 3 heteroatoms. The normalized spacial score (nSPS) is 24.4. The lowest BCUT2D eigenvalue weighted by atomic mass is 9.83. The second-order valence-corrected chi connectivity index (χ2v) is 5.67. The Bertz CT molecular complexity index is 406. The van der Waals surface area contributed by atoms with Gasteiger partial charge in [0, 0.05) is 26.2 Å². The minimum absolute atomic E-state index is 0.245. The van der Waals surface area contributed by atoms with E-state index >= 15 is 0 Å². The van der Waals surface area contributed by atoms with Crippen LogP contribution < -0.4 is 0 Å². The van der Waals surface area contributed by atoms with Gasteiger partial charge in [0.1, 0.15) is 6.29 Å². The fraction of sp³-hybridized carbons (Fsp3) is 0.562. The van der Waals surface area contributed by atoms with Crippen LogP contribution in [0.1, 0.15) is 25.8 Å². The van der Waals surface area contributed by atoms with Gasteiger partial charge >= 0.3 is 0 Å². The molecule has 104 valence electrons. The minimum atomic E-state index is -0.439. The monoisotopic (exact) mass is 261 g/mol. The molecule has 0 amide bonds. The molecule has 1 fully saturated rings. The lowest BCUT2D eigenvalue weighted by molar-refractivity contribution is -0.112. The summed E-state index contributed by atoms with van der Waals surface area (Å²) in [6, 6.07) is 10.0. The van der Waals surface area contributed by atoms with Crippen LogP contribution in [0.4, 0.5) is 0 Å². The molecule has 0 aromatic heterocycles. The van der Waals surface area contributed by atoms with Crippen LogP contribution in [-0.2, 0) is 14.9 Å². The highest BCUT2D eigenvalue weighted by Crippen LogP contribution is 2.23. The van der Waals surface area contributed by atoms with Gasteiger partial charge in [0.25, 0.3) is 0 Å². The highest BCUT2D eigenvalue weighted by atomic mass is 16.5. The third-order valence-corrected chi connectivity index (χ3v) is 3.78. The molecule has 0 N–H and O–H groups in total. The number of nitrogens with zero attached hydrogens (tertiary/aromatic N) is 1. The van der Waals surface area contributed by atoms with E-state index in [2.05, 4.69) is 11.8 Å². The molecule has 1 aliphatic rings. The maximum absolute atomic E-state index is 11.6. The third kappa shape index (κ3) is 3.64. The maximum atomic E-state index is 11.6. The summed E-state index contributed by atoms with van der Waals surface area (Å²) in [6.45, 7) is 7.59. The Balaban J connectivity index is 2.11. The Morgan fingerprint density at radius 1 is 1.42 bits per heavy atom. The Hall–Kier alpha value is -1.19. The molecular weight excluding hydrogens is 238 g/mol. The average Bonchev–Trinajstić information content (AvgIpc) is 2.64. The quantitative estimate of drug-likeness (QED) is 0.779. The van der Waals surface area contributed by atoms with Crippen molar-refractivity contribution in [3.63, 3.8) is 0 Å². The molecule has 1 saturated heterocycles. The predicted octanol–water partition coefficient (Wildman–Crippen LogP) is 2.25. The Morgan fingerprint density at radius 3 is 2.84 bits per heavy atom. The molecule has 0 aliphatic carbocycles. The van der Waals surface area contributed by atoms with Gasteiger partial charge in [-0.2, -0.15) is 0 Å². The van der Waals surface area contributed by atoms with Crippen LogP contribution >= 0.6 is 0 Å². The second-order valence-electron chi connectivity index (χ2n) is 5.67. The van der Waals surface area contributed by atoms with E-state index in [0.717, 1.165) is 44.5 Å². The molecule has 0 bridgehead atoms. The molecule has 2 rings (SSSR count). The summed E-state index contributed by atoms with van der Waals surface area (Å²) in [6.07, 6.45) is 2.36. The zero-order valence-electron chi connectivity index (χ0n) is 11.8. The Labute approximate surface area is 115 Å². The standard InChI is InChI=1S/C16H23NO2/c1-14-11-17(9-6-10-19-14)12-16(2,13-18)15-7-4-3-5-8-15/h3-5,7-8,13-14H,6,9-12H2,1-2H3. The number of ether oxygens (including phenoxy) is 1. The summed E-state index contributed by atoms with van der Waals surface area (Å²) < 4.78 is 5.66. The van der Waals surface area contributed by atoms with E-state index in [4.69, 9.17) is 4.74 Å². The van der Waals surface area contributed by atoms with Crippen LogP contribution in [0.25, 0.3) is 0 Å². The van der Waals surface area contributed by atoms with Crippen LogP contribution in [0.15, 0.2) is 30.3 Å². The van der Waals surface area contributed by atoms with Gasteiger partial charge in [-0.05, 0) is 25.8 Å². The minimum Gasteiger partial charge on any atom is -0.377 e. The lowest BCUT2D eigenvalue weighted by Gasteiger charge is -2.31. The molecule has 1 aromatic rings. The number of hydrogen-bond donors (Lipinski definition) is 0. The summed E-state index contributed by atoms with van der Waals surface area (Å²) in [5, 5.41) is 0. The molecule has 0 saturated carbocycles. The molecule has 1 heterocycles. The number of carbonyl (C=O) groups is 1. The molecule has 1 aromatic carbocycles. The van der Waals surface area contributed by atoms with Gasteiger partial charge in [-0.3, -0.25) is 4.90 Å². The van der Waals surface area contributed by atoms with E-state index in [-0.39, 0.29) is 6.10 Å². The van der Waals surface area contributed by atoms with E-state index < -0.39 is 5.41 Å². The van der Waals surface area contributed by atoms with Gasteiger partial charge in [-0.15, -0.1) is 0 Å².